The van der Waals surface area contributed by atoms with Crippen LogP contribution in [-0.2, 0) is 4.79 Å². The van der Waals surface area contributed by atoms with Crippen LogP contribution in [0, 0.1) is 0 Å². The lowest BCUT2D eigenvalue weighted by Crippen LogP contribution is -2.16. The van der Waals surface area contributed by atoms with Crippen molar-refractivity contribution in [1.29, 1.82) is 0 Å². The molecule has 0 aliphatic rings. The molecule has 134 valence electrons. The Labute approximate surface area is 145 Å². The summed E-state index contributed by atoms with van der Waals surface area (Å²) in [5.74, 6) is 1.31. The van der Waals surface area contributed by atoms with E-state index in [0.29, 0.717) is 24.5 Å². The van der Waals surface area contributed by atoms with E-state index in [-0.39, 0.29) is 5.91 Å². The van der Waals surface area contributed by atoms with Gasteiger partial charge in [0, 0.05) is 6.42 Å². The normalized spacial score (nSPS) is 10.8. The maximum absolute atomic E-state index is 11.7. The summed E-state index contributed by atoms with van der Waals surface area (Å²) >= 11 is 0. The molecule has 24 heavy (non-hydrogen) atoms. The SMILES string of the molecule is CCCCCCCCC(=O)NN=Cc1ccc(OCC)c(OC)c1. The number of carbonyl (C=O) groups is 1. The molecule has 0 fully saturated rings. The summed E-state index contributed by atoms with van der Waals surface area (Å²) in [7, 11) is 1.60. The molecule has 1 N–H and O–H groups in total. The molecule has 1 aromatic carbocycles. The van der Waals surface area contributed by atoms with Gasteiger partial charge in [0.1, 0.15) is 0 Å². The molecular formula is C19H30N2O3. The van der Waals surface area contributed by atoms with E-state index in [1.807, 2.05) is 25.1 Å². The van der Waals surface area contributed by atoms with Crippen molar-refractivity contribution in [1.82, 2.24) is 5.43 Å². The number of amides is 1. The number of nitrogens with zero attached hydrogens (tertiary/aromatic N) is 1. The van der Waals surface area contributed by atoms with Gasteiger partial charge < -0.3 is 9.47 Å². The predicted molar refractivity (Wildman–Crippen MR) is 97.9 cm³/mol. The molecule has 0 spiro atoms. The average molecular weight is 334 g/mol. The standard InChI is InChI=1S/C19H30N2O3/c1-4-6-7-8-9-10-11-19(22)21-20-15-16-12-13-17(24-5-2)18(14-16)23-3/h12-15H,4-11H2,1-3H3,(H,21,22). The molecule has 0 aliphatic carbocycles. The summed E-state index contributed by atoms with van der Waals surface area (Å²) in [6.07, 6.45) is 9.14. The fourth-order valence-electron chi connectivity index (χ4n) is 2.34. The van der Waals surface area contributed by atoms with Crippen LogP contribution in [0.15, 0.2) is 23.3 Å². The van der Waals surface area contributed by atoms with Crippen molar-refractivity contribution >= 4 is 12.1 Å². The molecule has 0 saturated carbocycles. The van der Waals surface area contributed by atoms with Crippen LogP contribution in [0.25, 0.3) is 0 Å². The molecule has 0 heterocycles. The molecule has 0 saturated heterocycles. The van der Waals surface area contributed by atoms with Gasteiger partial charge in [0.25, 0.3) is 0 Å². The van der Waals surface area contributed by atoms with Crippen molar-refractivity contribution in [2.45, 2.75) is 58.8 Å². The second-order valence-electron chi connectivity index (χ2n) is 5.65. The molecule has 1 rings (SSSR count). The van der Waals surface area contributed by atoms with E-state index in [2.05, 4.69) is 17.5 Å². The quantitative estimate of drug-likeness (QED) is 0.352. The van der Waals surface area contributed by atoms with E-state index in [4.69, 9.17) is 9.47 Å². The number of carbonyl (C=O) groups excluding carboxylic acids is 1. The third-order valence-corrected chi connectivity index (χ3v) is 3.65. The summed E-state index contributed by atoms with van der Waals surface area (Å²) in [6.45, 7) is 4.71. The van der Waals surface area contributed by atoms with Gasteiger partial charge >= 0.3 is 0 Å². The van der Waals surface area contributed by atoms with Crippen molar-refractivity contribution in [3.63, 3.8) is 0 Å². The highest BCUT2D eigenvalue weighted by Gasteiger charge is 2.04. The maximum atomic E-state index is 11.7. The molecule has 1 aromatic rings. The molecule has 0 radical (unpaired) electrons. The molecule has 0 atom stereocenters. The van der Waals surface area contributed by atoms with E-state index in [1.165, 1.54) is 25.7 Å². The number of rotatable bonds is 12. The topological polar surface area (TPSA) is 59.9 Å². The van der Waals surface area contributed by atoms with Gasteiger partial charge in [-0.25, -0.2) is 5.43 Å². The Morgan fingerprint density at radius 1 is 1.12 bits per heavy atom. The molecule has 0 bridgehead atoms. The van der Waals surface area contributed by atoms with Crippen LogP contribution in [0.5, 0.6) is 11.5 Å². The summed E-state index contributed by atoms with van der Waals surface area (Å²) in [5.41, 5.74) is 3.41. The summed E-state index contributed by atoms with van der Waals surface area (Å²) in [6, 6.07) is 5.53. The number of unbranched alkanes of at least 4 members (excludes halogenated alkanes) is 5. The highest BCUT2D eigenvalue weighted by Crippen LogP contribution is 2.27. The number of methoxy groups -OCH3 is 1. The molecule has 5 nitrogen and oxygen atoms in total. The van der Waals surface area contributed by atoms with E-state index in [0.717, 1.165) is 18.4 Å². The number of hydrogen-bond donors (Lipinski definition) is 1. The molecule has 0 aliphatic heterocycles. The Morgan fingerprint density at radius 2 is 1.88 bits per heavy atom. The second kappa shape index (κ2) is 12.4. The minimum Gasteiger partial charge on any atom is -0.493 e. The minimum absolute atomic E-state index is 0.0420. The zero-order valence-electron chi connectivity index (χ0n) is 15.1. The van der Waals surface area contributed by atoms with Crippen molar-refractivity contribution in [2.75, 3.05) is 13.7 Å². The van der Waals surface area contributed by atoms with Crippen LogP contribution in [0.3, 0.4) is 0 Å². The summed E-state index contributed by atoms with van der Waals surface area (Å²) in [5, 5.41) is 4.00. The fourth-order valence-corrected chi connectivity index (χ4v) is 2.34. The van der Waals surface area contributed by atoms with Crippen LogP contribution < -0.4 is 14.9 Å². The first-order valence-electron chi connectivity index (χ1n) is 8.84. The van der Waals surface area contributed by atoms with Crippen LogP contribution in [-0.4, -0.2) is 25.8 Å². The van der Waals surface area contributed by atoms with E-state index in [9.17, 15) is 4.79 Å². The monoisotopic (exact) mass is 334 g/mol. The van der Waals surface area contributed by atoms with Crippen molar-refractivity contribution in [3.05, 3.63) is 23.8 Å². The van der Waals surface area contributed by atoms with E-state index < -0.39 is 0 Å². The van der Waals surface area contributed by atoms with Gasteiger partial charge in [0.05, 0.1) is 19.9 Å². The summed E-state index contributed by atoms with van der Waals surface area (Å²) in [4.78, 5) is 11.7. The third kappa shape index (κ3) is 7.99. The lowest BCUT2D eigenvalue weighted by Gasteiger charge is -2.09. The van der Waals surface area contributed by atoms with Gasteiger partial charge in [-0.2, -0.15) is 5.10 Å². The van der Waals surface area contributed by atoms with Crippen LogP contribution >= 0.6 is 0 Å². The number of nitrogens with one attached hydrogen (secondary N) is 1. The largest absolute Gasteiger partial charge is 0.493 e. The van der Waals surface area contributed by atoms with Gasteiger partial charge in [0.2, 0.25) is 5.91 Å². The lowest BCUT2D eigenvalue weighted by molar-refractivity contribution is -0.121. The molecule has 0 aromatic heterocycles. The zero-order chi connectivity index (χ0) is 17.6. The van der Waals surface area contributed by atoms with Crippen molar-refractivity contribution in [2.24, 2.45) is 5.10 Å². The number of hydrogen-bond acceptors (Lipinski definition) is 4. The first-order valence-corrected chi connectivity index (χ1v) is 8.84. The first kappa shape index (κ1) is 20.0. The van der Waals surface area contributed by atoms with E-state index in [1.54, 1.807) is 13.3 Å². The van der Waals surface area contributed by atoms with Crippen LogP contribution in [0.2, 0.25) is 0 Å². The Hall–Kier alpha value is -2.04. The molecule has 1 amide bonds. The highest BCUT2D eigenvalue weighted by atomic mass is 16.5. The Kier molecular flexibility index (Phi) is 10.3. The van der Waals surface area contributed by atoms with Gasteiger partial charge in [-0.15, -0.1) is 0 Å². The van der Waals surface area contributed by atoms with Crippen molar-refractivity contribution in [3.8, 4) is 11.5 Å². The van der Waals surface area contributed by atoms with Gasteiger partial charge in [-0.05, 0) is 37.1 Å². The highest BCUT2D eigenvalue weighted by molar-refractivity contribution is 5.83. The van der Waals surface area contributed by atoms with Gasteiger partial charge in [-0.3, -0.25) is 4.79 Å². The Balaban J connectivity index is 2.34. The van der Waals surface area contributed by atoms with Crippen LogP contribution in [0.4, 0.5) is 0 Å². The van der Waals surface area contributed by atoms with Gasteiger partial charge in [-0.1, -0.05) is 39.0 Å². The Bertz CT molecular complexity index is 515. The molecular weight excluding hydrogens is 304 g/mol. The fraction of sp³-hybridized carbons (Fsp3) is 0.579. The zero-order valence-corrected chi connectivity index (χ0v) is 15.1. The lowest BCUT2D eigenvalue weighted by atomic mass is 10.1. The number of ether oxygens (including phenoxy) is 2. The molecule has 5 heteroatoms. The van der Waals surface area contributed by atoms with Crippen LogP contribution in [0.1, 0.15) is 64.4 Å². The predicted octanol–water partition coefficient (Wildman–Crippen LogP) is 4.29. The second-order valence-corrected chi connectivity index (χ2v) is 5.65. The number of benzene rings is 1. The Morgan fingerprint density at radius 3 is 2.58 bits per heavy atom. The minimum atomic E-state index is -0.0420. The summed E-state index contributed by atoms with van der Waals surface area (Å²) < 4.78 is 10.8. The maximum Gasteiger partial charge on any atom is 0.240 e. The van der Waals surface area contributed by atoms with Crippen molar-refractivity contribution < 1.29 is 14.3 Å². The van der Waals surface area contributed by atoms with Gasteiger partial charge in [0.15, 0.2) is 11.5 Å². The first-order chi connectivity index (χ1) is 11.7. The number of hydrazone groups is 1. The average Bonchev–Trinajstić information content (AvgIpc) is 2.59. The van der Waals surface area contributed by atoms with E-state index >= 15 is 0 Å². The smallest absolute Gasteiger partial charge is 0.240 e. The third-order valence-electron chi connectivity index (χ3n) is 3.65. The molecule has 0 unspecified atom stereocenters.